The van der Waals surface area contributed by atoms with Crippen molar-refractivity contribution in [3.8, 4) is 17.2 Å². The van der Waals surface area contributed by atoms with Gasteiger partial charge in [0.15, 0.2) is 11.5 Å². The van der Waals surface area contributed by atoms with E-state index in [0.717, 1.165) is 16.5 Å². The Balaban J connectivity index is 1.90. The minimum Gasteiger partial charge on any atom is -0.508 e. The Morgan fingerprint density at radius 2 is 1.96 bits per heavy atom. The van der Waals surface area contributed by atoms with Crippen LogP contribution in [0.15, 0.2) is 57.7 Å². The smallest absolute Gasteiger partial charge is 0.274 e. The number of hydrogen-bond donors (Lipinski definition) is 3. The molecule has 3 aromatic heterocycles. The second-order valence-electron chi connectivity index (χ2n) is 5.65. The molecule has 5 aromatic rings. The van der Waals surface area contributed by atoms with Gasteiger partial charge in [0.25, 0.3) is 5.56 Å². The zero-order valence-electron chi connectivity index (χ0n) is 12.3. The lowest BCUT2D eigenvalue weighted by atomic mass is 10.1. The first-order valence-electron chi connectivity index (χ1n) is 7.43. The molecule has 0 saturated carbocycles. The number of aromatic hydroxyl groups is 1. The molecule has 6 heteroatoms. The van der Waals surface area contributed by atoms with Crippen molar-refractivity contribution >= 4 is 32.8 Å². The van der Waals surface area contributed by atoms with Gasteiger partial charge in [-0.2, -0.15) is 5.10 Å². The Morgan fingerprint density at radius 3 is 2.83 bits per heavy atom. The number of nitrogens with one attached hydrogen (secondary N) is 2. The highest BCUT2D eigenvalue weighted by atomic mass is 16.3. The summed E-state index contributed by atoms with van der Waals surface area (Å²) >= 11 is 0. The highest BCUT2D eigenvalue weighted by Gasteiger charge is 2.17. The van der Waals surface area contributed by atoms with Crippen molar-refractivity contribution in [2.75, 3.05) is 0 Å². The summed E-state index contributed by atoms with van der Waals surface area (Å²) in [7, 11) is 0. The van der Waals surface area contributed by atoms with Crippen LogP contribution in [0.25, 0.3) is 44.2 Å². The quantitative estimate of drug-likeness (QED) is 0.441. The van der Waals surface area contributed by atoms with E-state index in [1.165, 1.54) is 0 Å². The standard InChI is InChI=1S/C18H11N3O3/c22-10-5-6-12-11(8-10)15-17(19-12)16(20-21-18(15)23)14-7-9-3-1-2-4-13(9)24-14/h1-8,19,22H,(H,21,23). The minimum atomic E-state index is -0.318. The molecule has 0 aliphatic rings. The second kappa shape index (κ2) is 4.48. The summed E-state index contributed by atoms with van der Waals surface area (Å²) in [6.07, 6.45) is 0. The summed E-state index contributed by atoms with van der Waals surface area (Å²) in [5, 5.41) is 18.5. The molecule has 24 heavy (non-hydrogen) atoms. The Kier molecular flexibility index (Phi) is 2.42. The summed E-state index contributed by atoms with van der Waals surface area (Å²) in [6.45, 7) is 0. The van der Waals surface area contributed by atoms with Gasteiger partial charge in [0.05, 0.1) is 10.9 Å². The third-order valence-electron chi connectivity index (χ3n) is 4.17. The van der Waals surface area contributed by atoms with E-state index in [2.05, 4.69) is 15.2 Å². The number of phenolic OH excluding ortho intramolecular Hbond substituents is 1. The van der Waals surface area contributed by atoms with Crippen LogP contribution in [0.4, 0.5) is 0 Å². The topological polar surface area (TPSA) is 94.9 Å². The van der Waals surface area contributed by atoms with Crippen molar-refractivity contribution in [3.63, 3.8) is 0 Å². The number of phenols is 1. The van der Waals surface area contributed by atoms with Crippen molar-refractivity contribution in [2.45, 2.75) is 0 Å². The number of furan rings is 1. The summed E-state index contributed by atoms with van der Waals surface area (Å²) in [5.41, 5.74) is 2.29. The van der Waals surface area contributed by atoms with E-state index < -0.39 is 0 Å². The third kappa shape index (κ3) is 1.70. The molecule has 0 unspecified atom stereocenters. The lowest BCUT2D eigenvalue weighted by Gasteiger charge is -1.97. The lowest BCUT2D eigenvalue weighted by molar-refractivity contribution is 0.476. The van der Waals surface area contributed by atoms with Crippen molar-refractivity contribution in [1.29, 1.82) is 0 Å². The molecule has 0 spiro atoms. The van der Waals surface area contributed by atoms with E-state index in [1.54, 1.807) is 18.2 Å². The van der Waals surface area contributed by atoms with Crippen molar-refractivity contribution in [1.82, 2.24) is 15.2 Å². The molecule has 0 aliphatic carbocycles. The largest absolute Gasteiger partial charge is 0.508 e. The van der Waals surface area contributed by atoms with Crippen LogP contribution >= 0.6 is 0 Å². The minimum absolute atomic E-state index is 0.102. The number of rotatable bonds is 1. The third-order valence-corrected chi connectivity index (χ3v) is 4.17. The van der Waals surface area contributed by atoms with Crippen LogP contribution in [0.3, 0.4) is 0 Å². The van der Waals surface area contributed by atoms with Gasteiger partial charge in [0.1, 0.15) is 11.3 Å². The number of aromatic nitrogens is 3. The van der Waals surface area contributed by atoms with Gasteiger partial charge in [-0.15, -0.1) is 0 Å². The summed E-state index contributed by atoms with van der Waals surface area (Å²) in [4.78, 5) is 15.5. The van der Waals surface area contributed by atoms with Crippen molar-refractivity contribution in [3.05, 3.63) is 58.9 Å². The fourth-order valence-electron chi connectivity index (χ4n) is 3.09. The average molecular weight is 317 g/mol. The van der Waals surface area contributed by atoms with Gasteiger partial charge in [-0.25, -0.2) is 5.10 Å². The van der Waals surface area contributed by atoms with E-state index in [1.807, 2.05) is 30.3 Å². The highest BCUT2D eigenvalue weighted by Crippen LogP contribution is 2.33. The molecule has 3 heterocycles. The fourth-order valence-corrected chi connectivity index (χ4v) is 3.09. The van der Waals surface area contributed by atoms with E-state index in [0.29, 0.717) is 27.7 Å². The molecule has 0 fully saturated rings. The second-order valence-corrected chi connectivity index (χ2v) is 5.65. The van der Waals surface area contributed by atoms with Gasteiger partial charge >= 0.3 is 0 Å². The number of benzene rings is 2. The summed E-state index contributed by atoms with van der Waals surface area (Å²) in [5.74, 6) is 0.665. The van der Waals surface area contributed by atoms with Gasteiger partial charge < -0.3 is 14.5 Å². The first-order chi connectivity index (χ1) is 11.7. The van der Waals surface area contributed by atoms with Gasteiger partial charge in [0.2, 0.25) is 0 Å². The van der Waals surface area contributed by atoms with E-state index >= 15 is 0 Å². The molecule has 0 bridgehead atoms. The highest BCUT2D eigenvalue weighted by molar-refractivity contribution is 6.10. The van der Waals surface area contributed by atoms with Crippen LogP contribution in [0.2, 0.25) is 0 Å². The molecule has 0 atom stereocenters. The number of nitrogens with zero attached hydrogens (tertiary/aromatic N) is 1. The summed E-state index contributed by atoms with van der Waals surface area (Å²) in [6, 6.07) is 14.4. The zero-order valence-corrected chi connectivity index (χ0v) is 12.3. The molecule has 116 valence electrons. The maximum atomic E-state index is 12.3. The Labute approximate surface area is 134 Å². The van der Waals surface area contributed by atoms with Crippen LogP contribution in [-0.4, -0.2) is 20.3 Å². The molecule has 6 nitrogen and oxygen atoms in total. The lowest BCUT2D eigenvalue weighted by Crippen LogP contribution is -2.08. The normalized spacial score (nSPS) is 11.7. The predicted octanol–water partition coefficient (Wildman–Crippen LogP) is 3.52. The molecule has 0 saturated heterocycles. The molecule has 0 aliphatic heterocycles. The summed E-state index contributed by atoms with van der Waals surface area (Å²) < 4.78 is 5.87. The van der Waals surface area contributed by atoms with Gasteiger partial charge in [-0.1, -0.05) is 18.2 Å². The Hall–Kier alpha value is -3.54. The first-order valence-corrected chi connectivity index (χ1v) is 7.43. The molecule has 5 rings (SSSR count). The zero-order chi connectivity index (χ0) is 16.3. The van der Waals surface area contributed by atoms with Gasteiger partial charge in [-0.3, -0.25) is 4.79 Å². The number of fused-ring (bicyclic) bond motifs is 4. The molecule has 0 amide bonds. The molecular weight excluding hydrogens is 306 g/mol. The fraction of sp³-hybridized carbons (Fsp3) is 0. The molecule has 3 N–H and O–H groups in total. The molecular formula is C18H11N3O3. The van der Waals surface area contributed by atoms with E-state index in [4.69, 9.17) is 4.42 Å². The average Bonchev–Trinajstić information content (AvgIpc) is 3.16. The number of para-hydroxylation sites is 1. The van der Waals surface area contributed by atoms with Crippen molar-refractivity contribution < 1.29 is 9.52 Å². The van der Waals surface area contributed by atoms with Crippen LogP contribution < -0.4 is 5.56 Å². The molecule has 0 radical (unpaired) electrons. The van der Waals surface area contributed by atoms with E-state index in [-0.39, 0.29) is 11.3 Å². The van der Waals surface area contributed by atoms with Crippen molar-refractivity contribution in [2.24, 2.45) is 0 Å². The maximum absolute atomic E-state index is 12.3. The number of H-pyrrole nitrogens is 2. The molecule has 2 aromatic carbocycles. The van der Waals surface area contributed by atoms with Crippen LogP contribution in [0.1, 0.15) is 0 Å². The van der Waals surface area contributed by atoms with Gasteiger partial charge in [-0.05, 0) is 30.3 Å². The van der Waals surface area contributed by atoms with Crippen LogP contribution in [-0.2, 0) is 0 Å². The number of hydrogen-bond acceptors (Lipinski definition) is 4. The van der Waals surface area contributed by atoms with Crippen LogP contribution in [0, 0.1) is 0 Å². The van der Waals surface area contributed by atoms with Gasteiger partial charge in [0, 0.05) is 16.3 Å². The maximum Gasteiger partial charge on any atom is 0.274 e. The predicted molar refractivity (Wildman–Crippen MR) is 91.1 cm³/mol. The SMILES string of the molecule is O=c1[nH]nc(-c2cc3ccccc3o2)c2[nH]c3ccc(O)cc3c12. The Bertz CT molecular complexity index is 1260. The Morgan fingerprint density at radius 1 is 1.08 bits per heavy atom. The van der Waals surface area contributed by atoms with E-state index in [9.17, 15) is 9.90 Å². The monoisotopic (exact) mass is 317 g/mol. The first kappa shape index (κ1) is 13.0. The number of aromatic amines is 2. The van der Waals surface area contributed by atoms with Crippen LogP contribution in [0.5, 0.6) is 5.75 Å².